The molecule has 0 saturated heterocycles. The van der Waals surface area contributed by atoms with Gasteiger partial charge in [-0.3, -0.25) is 0 Å². The monoisotopic (exact) mass is 385 g/mol. The molecule has 0 aliphatic rings. The van der Waals surface area contributed by atoms with Crippen LogP contribution in [-0.2, 0) is 38.6 Å². The van der Waals surface area contributed by atoms with Gasteiger partial charge in [0.2, 0.25) is 0 Å². The first-order valence-corrected chi connectivity index (χ1v) is 4.06. The van der Waals surface area contributed by atoms with Crippen LogP contribution in [0.5, 0.6) is 0 Å². The van der Waals surface area contributed by atoms with E-state index in [1.807, 2.05) is 0 Å². The van der Waals surface area contributed by atoms with E-state index in [0.29, 0.717) is 0 Å². The minimum absolute atomic E-state index is 0. The summed E-state index contributed by atoms with van der Waals surface area (Å²) in [5.74, 6) is -14.3. The predicted molar refractivity (Wildman–Crippen MR) is 29.6 cm³/mol. The zero-order valence-electron chi connectivity index (χ0n) is 6.98. The summed E-state index contributed by atoms with van der Waals surface area (Å²) in [4.78, 5) is 0. The number of halogens is 9. The number of hydrogen-bond donors (Lipinski definition) is 0. The maximum Gasteiger partial charge on any atom is 1.00 e. The van der Waals surface area contributed by atoms with E-state index in [0.717, 1.165) is 0 Å². The molecule has 0 fully saturated rings. The van der Waals surface area contributed by atoms with Gasteiger partial charge in [-0.2, -0.15) is 30.7 Å². The zero-order valence-corrected chi connectivity index (χ0v) is 9.53. The maximum absolute atomic E-state index is 12.1. The molecule has 0 aromatic rings. The molecule has 13 heteroatoms. The van der Waals surface area contributed by atoms with Gasteiger partial charge in [0.25, 0.3) is 0 Å². The van der Waals surface area contributed by atoms with Crippen molar-refractivity contribution in [2.75, 3.05) is 0 Å². The van der Waals surface area contributed by atoms with Crippen molar-refractivity contribution < 1.29 is 67.4 Å². The molecular formula is C4F9O2RuS. The smallest absolute Gasteiger partial charge is 0.418 e. The summed E-state index contributed by atoms with van der Waals surface area (Å²) < 4.78 is 125. The molecule has 0 rings (SSSR count). The van der Waals surface area contributed by atoms with Crippen molar-refractivity contribution in [3.05, 3.63) is 0 Å². The van der Waals surface area contributed by atoms with E-state index in [4.69, 9.17) is 0 Å². The van der Waals surface area contributed by atoms with Crippen molar-refractivity contribution in [1.82, 2.24) is 0 Å². The van der Waals surface area contributed by atoms with Crippen LogP contribution < -0.4 is 0 Å². The Kier molecular flexibility index (Phi) is 5.56. The first-order chi connectivity index (χ1) is 6.69. The van der Waals surface area contributed by atoms with Crippen molar-refractivity contribution in [2.45, 2.75) is 23.3 Å². The van der Waals surface area contributed by atoms with Gasteiger partial charge in [0.15, 0.2) is 0 Å². The molecule has 0 saturated carbocycles. The van der Waals surface area contributed by atoms with Gasteiger partial charge >= 0.3 is 42.8 Å². The van der Waals surface area contributed by atoms with Crippen molar-refractivity contribution in [2.24, 2.45) is 0 Å². The van der Waals surface area contributed by atoms with Gasteiger partial charge in [0.05, 0.1) is 0 Å². The van der Waals surface area contributed by atoms with E-state index in [2.05, 4.69) is 0 Å². The van der Waals surface area contributed by atoms with E-state index < -0.39 is 34.0 Å². The molecule has 0 aliphatic heterocycles. The minimum Gasteiger partial charge on any atom is -0.418 e. The van der Waals surface area contributed by atoms with E-state index in [9.17, 15) is 47.9 Å². The summed E-state index contributed by atoms with van der Waals surface area (Å²) >= 11 is 0. The number of hydrogen-bond acceptors (Lipinski definition) is 3. The number of alkyl halides is 9. The van der Waals surface area contributed by atoms with Crippen molar-refractivity contribution in [1.29, 1.82) is 0 Å². The molecule has 0 aromatic carbocycles. The summed E-state index contributed by atoms with van der Waals surface area (Å²) in [5, 5.41) is -6.55. The standard InChI is InChI=1S/C4F9O2S.Ru/c5-1(6,3(9,10)11)2(7,8)4(12,13)16(14)15;/q-1;+1. The summed E-state index contributed by atoms with van der Waals surface area (Å²) in [5.41, 5.74) is 0. The molecule has 17 heavy (non-hydrogen) atoms. The zero-order chi connectivity index (χ0) is 13.6. The minimum atomic E-state index is -7.18. The predicted octanol–water partition coefficient (Wildman–Crippen LogP) is 2.72. The third-order valence-corrected chi connectivity index (χ3v) is 2.00. The molecule has 0 aliphatic carbocycles. The quantitative estimate of drug-likeness (QED) is 0.426. The van der Waals surface area contributed by atoms with Crippen LogP contribution in [0, 0.1) is 0 Å². The van der Waals surface area contributed by atoms with Crippen LogP contribution in [0.2, 0.25) is 0 Å². The molecule has 0 heterocycles. The fourth-order valence-electron chi connectivity index (χ4n) is 0.465. The van der Waals surface area contributed by atoms with Crippen LogP contribution in [0.1, 0.15) is 0 Å². The van der Waals surface area contributed by atoms with Crippen LogP contribution in [0.25, 0.3) is 0 Å². The maximum atomic E-state index is 12.1. The van der Waals surface area contributed by atoms with Gasteiger partial charge in [0, 0.05) is 0 Å². The van der Waals surface area contributed by atoms with Gasteiger partial charge in [0.1, 0.15) is 0 Å². The Labute approximate surface area is 102 Å². The van der Waals surface area contributed by atoms with Crippen LogP contribution in [-0.4, -0.2) is 23.3 Å². The molecule has 1 radical (unpaired) electrons. The summed E-state index contributed by atoms with van der Waals surface area (Å²) in [7, 11) is -5.14. The van der Waals surface area contributed by atoms with Crippen LogP contribution >= 0.6 is 0 Å². The first-order valence-electron chi connectivity index (χ1n) is 2.99. The van der Waals surface area contributed by atoms with Crippen molar-refractivity contribution >= 4 is 10.7 Å². The van der Waals surface area contributed by atoms with Crippen molar-refractivity contribution in [3.63, 3.8) is 0 Å². The second-order valence-electron chi connectivity index (χ2n) is 2.40. The molecule has 0 unspecified atom stereocenters. The van der Waals surface area contributed by atoms with E-state index in [1.165, 1.54) is 0 Å². The molecular weight excluding hydrogens is 384 g/mol. The fourth-order valence-corrected chi connectivity index (χ4v) is 0.803. The van der Waals surface area contributed by atoms with Crippen molar-refractivity contribution in [3.8, 4) is 0 Å². The Morgan fingerprint density at radius 2 is 0.941 bits per heavy atom. The largest absolute Gasteiger partial charge is 1.00 e. The average Bonchev–Trinajstić information content (AvgIpc) is 2.00. The normalized spacial score (nSPS) is 14.7. The van der Waals surface area contributed by atoms with Gasteiger partial charge < -0.3 is 8.42 Å². The topological polar surface area (TPSA) is 34.1 Å². The molecule has 0 bridgehead atoms. The van der Waals surface area contributed by atoms with Gasteiger partial charge in [-0.15, -0.1) is 0 Å². The Bertz CT molecular complexity index is 337. The summed E-state index contributed by atoms with van der Waals surface area (Å²) in [6.45, 7) is 0. The molecule has 0 N–H and O–H groups in total. The Morgan fingerprint density at radius 1 is 0.647 bits per heavy atom. The van der Waals surface area contributed by atoms with E-state index in [1.54, 1.807) is 0 Å². The summed E-state index contributed by atoms with van der Waals surface area (Å²) in [6, 6.07) is 0. The molecule has 0 atom stereocenters. The number of rotatable bonds is 3. The van der Waals surface area contributed by atoms with Gasteiger partial charge in [-0.1, -0.05) is 0 Å². The van der Waals surface area contributed by atoms with Crippen LogP contribution in [0.3, 0.4) is 0 Å². The molecule has 0 aromatic heterocycles. The van der Waals surface area contributed by atoms with Gasteiger partial charge in [-0.05, 0) is 10.7 Å². The Balaban J connectivity index is 0. The second-order valence-corrected chi connectivity index (χ2v) is 3.38. The average molecular weight is 384 g/mol. The fraction of sp³-hybridized carbons (Fsp3) is 1.00. The Hall–Kier alpha value is -0.0566. The Morgan fingerprint density at radius 3 is 1.12 bits per heavy atom. The van der Waals surface area contributed by atoms with E-state index >= 15 is 0 Å². The third-order valence-electron chi connectivity index (χ3n) is 1.33. The first kappa shape index (κ1) is 19.3. The summed E-state index contributed by atoms with van der Waals surface area (Å²) in [6.07, 6.45) is -7.01. The SMILES string of the molecule is O=[S-](=O)C(F)(F)C(F)(F)C(F)(F)C(F)(F)F.[Ru+]. The van der Waals surface area contributed by atoms with Gasteiger partial charge in [-0.25, -0.2) is 8.78 Å². The molecule has 105 valence electrons. The molecule has 0 amide bonds. The second kappa shape index (κ2) is 4.90. The van der Waals surface area contributed by atoms with Crippen LogP contribution in [0.4, 0.5) is 39.5 Å². The third kappa shape index (κ3) is 2.86. The van der Waals surface area contributed by atoms with E-state index in [-0.39, 0.29) is 19.5 Å². The molecule has 0 spiro atoms. The van der Waals surface area contributed by atoms with Crippen LogP contribution in [0.15, 0.2) is 0 Å². The molecule has 2 nitrogen and oxygen atoms in total.